The molecule has 0 aliphatic carbocycles. The summed E-state index contributed by atoms with van der Waals surface area (Å²) < 4.78 is 5.32. The molecule has 2 aliphatic heterocycles. The molecule has 1 aromatic carbocycles. The highest BCUT2D eigenvalue weighted by molar-refractivity contribution is 6.09. The number of amides is 2. The maximum Gasteiger partial charge on any atom is 0.294 e. The largest absolute Gasteiger partial charge is 0.459 e. The van der Waals surface area contributed by atoms with Gasteiger partial charge in [-0.15, -0.1) is 0 Å². The fourth-order valence-electron chi connectivity index (χ4n) is 3.92. The van der Waals surface area contributed by atoms with Gasteiger partial charge in [-0.2, -0.15) is 0 Å². The van der Waals surface area contributed by atoms with E-state index in [1.807, 2.05) is 25.1 Å². The van der Waals surface area contributed by atoms with Gasteiger partial charge in [0.05, 0.1) is 29.8 Å². The Morgan fingerprint density at radius 2 is 1.93 bits per heavy atom. The molecule has 0 bridgehead atoms. The number of nitrogens with zero attached hydrogens (tertiary/aromatic N) is 2. The Balaban J connectivity index is 1.77. The quantitative estimate of drug-likeness (QED) is 0.850. The van der Waals surface area contributed by atoms with Crippen LogP contribution in [0.2, 0.25) is 0 Å². The standard InChI is InChI=1S/C20H24N4O3/c1-13-12-23(20(26)18-5-3-10-27-18)17-11-15(19-21-8-4-9-22-19)6-7-16(17)24(13)14(2)25/h3,5-7,10-11,13,19,21-22H,4,8-9,12H2,1-2H3/t13-/m0/s1. The van der Waals surface area contributed by atoms with Crippen molar-refractivity contribution in [2.75, 3.05) is 29.4 Å². The molecule has 4 rings (SSSR count). The second kappa shape index (κ2) is 7.17. The number of rotatable bonds is 2. The molecule has 1 atom stereocenters. The number of furan rings is 1. The van der Waals surface area contributed by atoms with E-state index in [1.165, 1.54) is 6.26 Å². The van der Waals surface area contributed by atoms with Crippen molar-refractivity contribution in [2.24, 2.45) is 0 Å². The Kier molecular flexibility index (Phi) is 4.72. The van der Waals surface area contributed by atoms with Crippen LogP contribution in [0, 0.1) is 0 Å². The number of benzene rings is 1. The molecule has 1 fully saturated rings. The van der Waals surface area contributed by atoms with Crippen molar-refractivity contribution in [3.05, 3.63) is 47.9 Å². The summed E-state index contributed by atoms with van der Waals surface area (Å²) in [4.78, 5) is 28.7. The van der Waals surface area contributed by atoms with Gasteiger partial charge >= 0.3 is 0 Å². The van der Waals surface area contributed by atoms with E-state index in [4.69, 9.17) is 4.42 Å². The summed E-state index contributed by atoms with van der Waals surface area (Å²) >= 11 is 0. The van der Waals surface area contributed by atoms with E-state index in [1.54, 1.807) is 28.9 Å². The fraction of sp³-hybridized carbons (Fsp3) is 0.400. The van der Waals surface area contributed by atoms with E-state index in [0.29, 0.717) is 12.3 Å². The summed E-state index contributed by atoms with van der Waals surface area (Å²) in [5.41, 5.74) is 2.53. The lowest BCUT2D eigenvalue weighted by Gasteiger charge is -2.41. The number of fused-ring (bicyclic) bond motifs is 1. The summed E-state index contributed by atoms with van der Waals surface area (Å²) in [6.45, 7) is 5.81. The first-order valence-electron chi connectivity index (χ1n) is 9.32. The molecule has 0 saturated carbocycles. The number of carbonyl (C=O) groups is 2. The molecule has 27 heavy (non-hydrogen) atoms. The van der Waals surface area contributed by atoms with E-state index in [0.717, 1.165) is 36.4 Å². The van der Waals surface area contributed by atoms with Crippen molar-refractivity contribution in [3.8, 4) is 0 Å². The van der Waals surface area contributed by atoms with E-state index >= 15 is 0 Å². The minimum Gasteiger partial charge on any atom is -0.459 e. The van der Waals surface area contributed by atoms with Crippen LogP contribution in [-0.2, 0) is 4.79 Å². The summed E-state index contributed by atoms with van der Waals surface area (Å²) in [5.74, 6) is 0.0669. The highest BCUT2D eigenvalue weighted by atomic mass is 16.3. The van der Waals surface area contributed by atoms with Crippen LogP contribution in [0.4, 0.5) is 11.4 Å². The predicted octanol–water partition coefficient (Wildman–Crippen LogP) is 2.26. The van der Waals surface area contributed by atoms with E-state index < -0.39 is 0 Å². The van der Waals surface area contributed by atoms with Crippen LogP contribution >= 0.6 is 0 Å². The maximum atomic E-state index is 13.0. The maximum absolute atomic E-state index is 13.0. The van der Waals surface area contributed by atoms with Gasteiger partial charge in [0.15, 0.2) is 5.76 Å². The summed E-state index contributed by atoms with van der Waals surface area (Å²) in [5, 5.41) is 6.89. The van der Waals surface area contributed by atoms with E-state index in [-0.39, 0.29) is 24.0 Å². The monoisotopic (exact) mass is 368 g/mol. The molecule has 0 spiro atoms. The van der Waals surface area contributed by atoms with Gasteiger partial charge in [0, 0.05) is 13.5 Å². The average Bonchev–Trinajstić information content (AvgIpc) is 3.21. The van der Waals surface area contributed by atoms with Gasteiger partial charge in [0.1, 0.15) is 0 Å². The molecule has 7 nitrogen and oxygen atoms in total. The molecule has 2 amide bonds. The lowest BCUT2D eigenvalue weighted by molar-refractivity contribution is -0.117. The average molecular weight is 368 g/mol. The number of hydrogen-bond donors (Lipinski definition) is 2. The van der Waals surface area contributed by atoms with Crippen LogP contribution in [0.15, 0.2) is 41.0 Å². The summed E-state index contributed by atoms with van der Waals surface area (Å²) in [7, 11) is 0. The highest BCUT2D eigenvalue weighted by Gasteiger charge is 2.35. The first kappa shape index (κ1) is 17.8. The van der Waals surface area contributed by atoms with Gasteiger partial charge in [-0.1, -0.05) is 6.07 Å². The third-order valence-corrected chi connectivity index (χ3v) is 5.14. The number of anilines is 2. The van der Waals surface area contributed by atoms with Gasteiger partial charge in [0.2, 0.25) is 5.91 Å². The SMILES string of the molecule is CC(=O)N1c2ccc(C3NCCCN3)cc2N(C(=O)c2ccco2)C[C@@H]1C. The van der Waals surface area contributed by atoms with Gasteiger partial charge < -0.3 is 14.2 Å². The van der Waals surface area contributed by atoms with E-state index in [2.05, 4.69) is 10.6 Å². The van der Waals surface area contributed by atoms with Crippen molar-refractivity contribution in [1.82, 2.24) is 10.6 Å². The molecule has 2 N–H and O–H groups in total. The molecule has 7 heteroatoms. The van der Waals surface area contributed by atoms with E-state index in [9.17, 15) is 9.59 Å². The van der Waals surface area contributed by atoms with Crippen LogP contribution in [0.25, 0.3) is 0 Å². The molecule has 0 unspecified atom stereocenters. The normalized spacial score (nSPS) is 20.4. The summed E-state index contributed by atoms with van der Waals surface area (Å²) in [6, 6.07) is 9.19. The number of nitrogens with one attached hydrogen (secondary N) is 2. The molecule has 1 saturated heterocycles. The topological polar surface area (TPSA) is 77.8 Å². The third kappa shape index (κ3) is 3.24. The van der Waals surface area contributed by atoms with Crippen molar-refractivity contribution < 1.29 is 14.0 Å². The molecule has 142 valence electrons. The van der Waals surface area contributed by atoms with Crippen LogP contribution in [0.3, 0.4) is 0 Å². The molecule has 2 aliphatic rings. The van der Waals surface area contributed by atoms with Crippen LogP contribution < -0.4 is 20.4 Å². The van der Waals surface area contributed by atoms with Gasteiger partial charge in [0.25, 0.3) is 5.91 Å². The minimum absolute atomic E-state index is 0.0319. The molecule has 1 aromatic heterocycles. The summed E-state index contributed by atoms with van der Waals surface area (Å²) in [6.07, 6.45) is 2.62. The Bertz CT molecular complexity index is 843. The van der Waals surface area contributed by atoms with Gasteiger partial charge in [-0.25, -0.2) is 0 Å². The first-order chi connectivity index (χ1) is 13.1. The second-order valence-corrected chi connectivity index (χ2v) is 7.07. The molecule has 2 aromatic rings. The molecular formula is C20H24N4O3. The molecular weight excluding hydrogens is 344 g/mol. The van der Waals surface area contributed by atoms with Crippen LogP contribution in [0.1, 0.15) is 42.6 Å². The lowest BCUT2D eigenvalue weighted by Crippen LogP contribution is -2.51. The van der Waals surface area contributed by atoms with Gasteiger partial charge in [-0.3, -0.25) is 20.2 Å². The van der Waals surface area contributed by atoms with Crippen molar-refractivity contribution in [3.63, 3.8) is 0 Å². The minimum atomic E-state index is -0.196. The zero-order chi connectivity index (χ0) is 19.0. The Labute approximate surface area is 158 Å². The van der Waals surface area contributed by atoms with Gasteiger partial charge in [-0.05, 0) is 56.3 Å². The molecule has 0 radical (unpaired) electrons. The highest BCUT2D eigenvalue weighted by Crippen LogP contribution is 2.38. The Morgan fingerprint density at radius 3 is 2.59 bits per heavy atom. The first-order valence-corrected chi connectivity index (χ1v) is 9.32. The Hall–Kier alpha value is -2.64. The van der Waals surface area contributed by atoms with Crippen molar-refractivity contribution in [1.29, 1.82) is 0 Å². The van der Waals surface area contributed by atoms with Crippen molar-refractivity contribution >= 4 is 23.2 Å². The fourth-order valence-corrected chi connectivity index (χ4v) is 3.92. The zero-order valence-corrected chi connectivity index (χ0v) is 15.6. The third-order valence-electron chi connectivity index (χ3n) is 5.14. The van der Waals surface area contributed by atoms with Crippen LogP contribution in [0.5, 0.6) is 0 Å². The number of hydrogen-bond acceptors (Lipinski definition) is 5. The number of carbonyl (C=O) groups excluding carboxylic acids is 2. The van der Waals surface area contributed by atoms with Crippen LogP contribution in [-0.4, -0.2) is 37.5 Å². The zero-order valence-electron chi connectivity index (χ0n) is 15.6. The molecule has 3 heterocycles. The predicted molar refractivity (Wildman–Crippen MR) is 103 cm³/mol. The lowest BCUT2D eigenvalue weighted by atomic mass is 10.0. The smallest absolute Gasteiger partial charge is 0.294 e. The van der Waals surface area contributed by atoms with Crippen molar-refractivity contribution in [2.45, 2.75) is 32.5 Å². The second-order valence-electron chi connectivity index (χ2n) is 7.07. The Morgan fingerprint density at radius 1 is 1.15 bits per heavy atom.